The number of sulfonamides is 2. The summed E-state index contributed by atoms with van der Waals surface area (Å²) >= 11 is 1.14. The summed E-state index contributed by atoms with van der Waals surface area (Å²) in [6, 6.07) is 8.18. The van der Waals surface area contributed by atoms with Gasteiger partial charge in [-0.3, -0.25) is 4.72 Å². The van der Waals surface area contributed by atoms with Gasteiger partial charge < -0.3 is 4.42 Å². The highest BCUT2D eigenvalue weighted by molar-refractivity contribution is 7.93. The van der Waals surface area contributed by atoms with Crippen molar-refractivity contribution in [3.63, 3.8) is 0 Å². The molecule has 0 spiro atoms. The van der Waals surface area contributed by atoms with Crippen molar-refractivity contribution >= 4 is 36.5 Å². The largest absolute Gasteiger partial charge is 0.468 e. The van der Waals surface area contributed by atoms with Crippen LogP contribution in [-0.2, 0) is 26.6 Å². The van der Waals surface area contributed by atoms with Crippen LogP contribution in [0.3, 0.4) is 0 Å². The molecule has 1 aromatic carbocycles. The highest BCUT2D eigenvalue weighted by atomic mass is 32.2. The molecule has 2 aromatic heterocycles. The van der Waals surface area contributed by atoms with Gasteiger partial charge in [-0.25, -0.2) is 26.5 Å². The van der Waals surface area contributed by atoms with Crippen molar-refractivity contribution in [3.05, 3.63) is 60.0 Å². The molecular weight excluding hydrogens is 386 g/mol. The fraction of sp³-hybridized carbons (Fsp3) is 0.0714. The molecule has 0 bridgehead atoms. The van der Waals surface area contributed by atoms with E-state index in [0.717, 1.165) is 11.3 Å². The molecule has 2 N–H and O–H groups in total. The molecule has 11 heteroatoms. The SMILES string of the molecule is O=S(=O)(NCc1ccco1)c1ccc(S(=O)(=O)Nc2nccs2)cc1. The third-order valence-corrected chi connectivity index (χ3v) is 6.70. The molecule has 0 aliphatic rings. The monoisotopic (exact) mass is 399 g/mol. The lowest BCUT2D eigenvalue weighted by Crippen LogP contribution is -2.23. The molecule has 0 fully saturated rings. The summed E-state index contributed by atoms with van der Waals surface area (Å²) in [7, 11) is -7.61. The van der Waals surface area contributed by atoms with Gasteiger partial charge in [0.15, 0.2) is 5.13 Å². The van der Waals surface area contributed by atoms with Crippen LogP contribution in [0.5, 0.6) is 0 Å². The number of hydrogen-bond acceptors (Lipinski definition) is 7. The Morgan fingerprint density at radius 2 is 1.68 bits per heavy atom. The van der Waals surface area contributed by atoms with Crippen molar-refractivity contribution in [2.45, 2.75) is 16.3 Å². The van der Waals surface area contributed by atoms with Crippen LogP contribution < -0.4 is 9.44 Å². The van der Waals surface area contributed by atoms with Gasteiger partial charge in [-0.2, -0.15) is 0 Å². The Morgan fingerprint density at radius 1 is 1.00 bits per heavy atom. The van der Waals surface area contributed by atoms with E-state index in [4.69, 9.17) is 4.42 Å². The average molecular weight is 399 g/mol. The zero-order chi connectivity index (χ0) is 17.9. The molecular formula is C14H13N3O5S3. The van der Waals surface area contributed by atoms with E-state index in [1.807, 2.05) is 0 Å². The summed E-state index contributed by atoms with van der Waals surface area (Å²) in [5.74, 6) is 0.468. The van der Waals surface area contributed by atoms with Crippen molar-refractivity contribution in [1.82, 2.24) is 9.71 Å². The van der Waals surface area contributed by atoms with Crippen molar-refractivity contribution in [2.24, 2.45) is 0 Å². The number of rotatable bonds is 7. The van der Waals surface area contributed by atoms with Gasteiger partial charge in [0.1, 0.15) is 5.76 Å². The predicted molar refractivity (Wildman–Crippen MR) is 92.1 cm³/mol. The van der Waals surface area contributed by atoms with Gasteiger partial charge >= 0.3 is 0 Å². The predicted octanol–water partition coefficient (Wildman–Crippen LogP) is 2.02. The van der Waals surface area contributed by atoms with E-state index in [-0.39, 0.29) is 21.5 Å². The van der Waals surface area contributed by atoms with E-state index in [0.29, 0.717) is 5.76 Å². The number of aromatic nitrogens is 1. The van der Waals surface area contributed by atoms with Gasteiger partial charge in [0.05, 0.1) is 22.6 Å². The minimum absolute atomic E-state index is 0.000978. The van der Waals surface area contributed by atoms with E-state index in [1.54, 1.807) is 17.5 Å². The van der Waals surface area contributed by atoms with Gasteiger partial charge in [0, 0.05) is 11.6 Å². The summed E-state index contributed by atoms with van der Waals surface area (Å²) in [5.41, 5.74) is 0. The molecule has 0 saturated carbocycles. The first-order chi connectivity index (χ1) is 11.9. The van der Waals surface area contributed by atoms with Crippen molar-refractivity contribution in [2.75, 3.05) is 4.72 Å². The van der Waals surface area contributed by atoms with E-state index in [2.05, 4.69) is 14.4 Å². The van der Waals surface area contributed by atoms with Gasteiger partial charge in [-0.1, -0.05) is 0 Å². The fourth-order valence-corrected chi connectivity index (χ4v) is 4.69. The molecule has 0 atom stereocenters. The molecule has 0 saturated heterocycles. The van der Waals surface area contributed by atoms with Gasteiger partial charge in [0.2, 0.25) is 10.0 Å². The van der Waals surface area contributed by atoms with E-state index >= 15 is 0 Å². The number of anilines is 1. The zero-order valence-electron chi connectivity index (χ0n) is 12.6. The summed E-state index contributed by atoms with van der Waals surface area (Å²) in [6.45, 7) is 0.000978. The van der Waals surface area contributed by atoms with Gasteiger partial charge in [0.25, 0.3) is 10.0 Å². The number of furan rings is 1. The van der Waals surface area contributed by atoms with E-state index < -0.39 is 20.0 Å². The molecule has 132 valence electrons. The Balaban J connectivity index is 1.75. The molecule has 25 heavy (non-hydrogen) atoms. The molecule has 3 rings (SSSR count). The second kappa shape index (κ2) is 6.96. The molecule has 8 nitrogen and oxygen atoms in total. The highest BCUT2D eigenvalue weighted by Crippen LogP contribution is 2.19. The molecule has 0 aliphatic heterocycles. The number of benzene rings is 1. The maximum absolute atomic E-state index is 12.2. The summed E-state index contributed by atoms with van der Waals surface area (Å²) < 4.78 is 58.6. The summed E-state index contributed by atoms with van der Waals surface area (Å²) in [6.07, 6.45) is 2.92. The Labute approximate surface area is 148 Å². The number of nitrogens with one attached hydrogen (secondary N) is 2. The van der Waals surface area contributed by atoms with Crippen LogP contribution in [0.1, 0.15) is 5.76 Å². The first kappa shape index (κ1) is 17.6. The standard InChI is InChI=1S/C14H13N3O5S3/c18-24(19,16-10-11-2-1-8-22-11)12-3-5-13(6-4-12)25(20,21)17-14-15-7-9-23-14/h1-9,16H,10H2,(H,15,17). The topological polar surface area (TPSA) is 118 Å². The zero-order valence-corrected chi connectivity index (χ0v) is 15.1. The minimum atomic E-state index is -3.83. The Hall–Kier alpha value is -2.21. The van der Waals surface area contributed by atoms with Crippen molar-refractivity contribution < 1.29 is 21.3 Å². The molecule has 0 aliphatic carbocycles. The van der Waals surface area contributed by atoms with E-state index in [9.17, 15) is 16.8 Å². The number of hydrogen-bond donors (Lipinski definition) is 2. The first-order valence-electron chi connectivity index (χ1n) is 6.91. The fourth-order valence-electron chi connectivity index (χ4n) is 1.91. The second-order valence-electron chi connectivity index (χ2n) is 4.82. The van der Waals surface area contributed by atoms with Crippen LogP contribution in [0.2, 0.25) is 0 Å². The maximum atomic E-state index is 12.2. The molecule has 0 unspecified atom stereocenters. The summed E-state index contributed by atoms with van der Waals surface area (Å²) in [4.78, 5) is 3.73. The van der Waals surface area contributed by atoms with Crippen LogP contribution in [0.4, 0.5) is 5.13 Å². The smallest absolute Gasteiger partial charge is 0.263 e. The first-order valence-corrected chi connectivity index (χ1v) is 10.8. The molecule has 2 heterocycles. The Bertz CT molecular complexity index is 1030. The lowest BCUT2D eigenvalue weighted by molar-refractivity contribution is 0.498. The van der Waals surface area contributed by atoms with Gasteiger partial charge in [-0.05, 0) is 36.4 Å². The third-order valence-electron chi connectivity index (χ3n) is 3.11. The molecule has 0 amide bonds. The van der Waals surface area contributed by atoms with Crippen molar-refractivity contribution in [3.8, 4) is 0 Å². The average Bonchev–Trinajstić information content (AvgIpc) is 3.26. The second-order valence-corrected chi connectivity index (χ2v) is 9.16. The normalized spacial score (nSPS) is 12.2. The Kier molecular flexibility index (Phi) is 4.90. The maximum Gasteiger partial charge on any atom is 0.263 e. The van der Waals surface area contributed by atoms with Gasteiger partial charge in [-0.15, -0.1) is 11.3 Å². The highest BCUT2D eigenvalue weighted by Gasteiger charge is 2.19. The Morgan fingerprint density at radius 3 is 2.24 bits per heavy atom. The van der Waals surface area contributed by atoms with Crippen LogP contribution in [0.15, 0.2) is 68.4 Å². The quantitative estimate of drug-likeness (QED) is 0.627. The molecule has 3 aromatic rings. The van der Waals surface area contributed by atoms with Crippen molar-refractivity contribution in [1.29, 1.82) is 0 Å². The van der Waals surface area contributed by atoms with Crippen LogP contribution in [-0.4, -0.2) is 21.8 Å². The van der Waals surface area contributed by atoms with Crippen LogP contribution >= 0.6 is 11.3 Å². The number of nitrogens with zero attached hydrogens (tertiary/aromatic N) is 1. The van der Waals surface area contributed by atoms with E-state index in [1.165, 1.54) is 36.7 Å². The number of thiazole rings is 1. The third kappa shape index (κ3) is 4.25. The molecule has 0 radical (unpaired) electrons. The summed E-state index contributed by atoms with van der Waals surface area (Å²) in [5, 5.41) is 1.87. The minimum Gasteiger partial charge on any atom is -0.468 e. The van der Waals surface area contributed by atoms with Crippen LogP contribution in [0.25, 0.3) is 0 Å². The lowest BCUT2D eigenvalue weighted by atomic mass is 10.4. The van der Waals surface area contributed by atoms with Crippen LogP contribution in [0, 0.1) is 0 Å². The lowest BCUT2D eigenvalue weighted by Gasteiger charge is -2.08.